The number of aromatic amines is 1. The number of carbonyl (C=O) groups excluding carboxylic acids is 1. The van der Waals surface area contributed by atoms with Crippen LogP contribution in [-0.2, 0) is 16.3 Å². The minimum atomic E-state index is -3.48. The number of aromatic nitrogens is 4. The van der Waals surface area contributed by atoms with Gasteiger partial charge in [-0.15, -0.1) is 5.10 Å². The van der Waals surface area contributed by atoms with Gasteiger partial charge in [-0.25, -0.2) is 13.5 Å². The number of benzene rings is 2. The molecule has 0 fully saturated rings. The van der Waals surface area contributed by atoms with Crippen LogP contribution in [0.4, 0.5) is 0 Å². The number of nitrogens with zero attached hydrogens (tertiary/aromatic N) is 3. The number of phenols is 1. The average Bonchev–Trinajstić information content (AvgIpc) is 3.28. The van der Waals surface area contributed by atoms with Gasteiger partial charge in [-0.3, -0.25) is 4.79 Å². The van der Waals surface area contributed by atoms with Crippen LogP contribution in [0.3, 0.4) is 0 Å². The van der Waals surface area contributed by atoms with Crippen LogP contribution in [0.2, 0.25) is 0 Å². The summed E-state index contributed by atoms with van der Waals surface area (Å²) < 4.78 is 30.9. The van der Waals surface area contributed by atoms with Gasteiger partial charge in [0, 0.05) is 11.1 Å². The Morgan fingerprint density at radius 2 is 1.90 bits per heavy atom. The Kier molecular flexibility index (Phi) is 7.01. The highest BCUT2D eigenvalue weighted by Gasteiger charge is 2.17. The third-order valence-electron chi connectivity index (χ3n) is 4.77. The fourth-order valence-electron chi connectivity index (χ4n) is 3.18. The molecule has 0 atom stereocenters. The highest BCUT2D eigenvalue weighted by molar-refractivity contribution is 7.91. The molecule has 31 heavy (non-hydrogen) atoms. The summed E-state index contributed by atoms with van der Waals surface area (Å²) >= 11 is 0. The first kappa shape index (κ1) is 22.4. The molecule has 3 aromatic rings. The Labute approximate surface area is 180 Å². The van der Waals surface area contributed by atoms with Crippen molar-refractivity contribution in [1.82, 2.24) is 20.6 Å². The van der Waals surface area contributed by atoms with E-state index in [1.165, 1.54) is 25.1 Å². The summed E-state index contributed by atoms with van der Waals surface area (Å²) in [5.41, 5.74) is 1.50. The van der Waals surface area contributed by atoms with E-state index in [2.05, 4.69) is 20.6 Å². The van der Waals surface area contributed by atoms with E-state index in [1.807, 2.05) is 6.92 Å². The van der Waals surface area contributed by atoms with Crippen molar-refractivity contribution in [2.24, 2.45) is 0 Å². The first-order chi connectivity index (χ1) is 14.8. The molecule has 0 aliphatic heterocycles. The highest BCUT2D eigenvalue weighted by atomic mass is 32.2. The van der Waals surface area contributed by atoms with Crippen LogP contribution in [0.25, 0.3) is 11.4 Å². The van der Waals surface area contributed by atoms with Gasteiger partial charge in [-0.1, -0.05) is 13.3 Å². The quantitative estimate of drug-likeness (QED) is 0.360. The molecular formula is C21H24N4O5S. The fourth-order valence-corrected chi connectivity index (χ4v) is 4.46. The Morgan fingerprint density at radius 1 is 1.16 bits per heavy atom. The zero-order valence-electron chi connectivity index (χ0n) is 17.3. The van der Waals surface area contributed by atoms with Gasteiger partial charge >= 0.3 is 0 Å². The number of aromatic hydroxyl groups is 1. The maximum Gasteiger partial charge on any atom is 0.179 e. The standard InChI is InChI=1S/C21H24N4O5S/c1-3-5-18-19(11-10-17(14(2)26)20(18)27)30-12-4-13-31(28,29)16-8-6-15(7-9-16)21-22-24-25-23-21/h6-11,27H,3-5,12-13H2,1-2H3,(H,22,23,24,25). The van der Waals surface area contributed by atoms with E-state index in [1.54, 1.807) is 18.2 Å². The van der Waals surface area contributed by atoms with Gasteiger partial charge in [-0.2, -0.15) is 0 Å². The van der Waals surface area contributed by atoms with Crippen LogP contribution in [0, 0.1) is 0 Å². The van der Waals surface area contributed by atoms with Crippen molar-refractivity contribution in [1.29, 1.82) is 0 Å². The van der Waals surface area contributed by atoms with Gasteiger partial charge in [0.1, 0.15) is 11.5 Å². The van der Waals surface area contributed by atoms with Crippen molar-refractivity contribution in [3.8, 4) is 22.9 Å². The number of phenolic OH excluding ortho intramolecular Hbond substituents is 1. The number of hydrogen-bond acceptors (Lipinski definition) is 8. The summed E-state index contributed by atoms with van der Waals surface area (Å²) in [6.45, 7) is 3.52. The van der Waals surface area contributed by atoms with Crippen molar-refractivity contribution >= 4 is 15.6 Å². The molecular weight excluding hydrogens is 420 g/mol. The fraction of sp³-hybridized carbons (Fsp3) is 0.333. The van der Waals surface area contributed by atoms with Gasteiger partial charge in [0.25, 0.3) is 0 Å². The monoisotopic (exact) mass is 444 g/mol. The van der Waals surface area contributed by atoms with Gasteiger partial charge < -0.3 is 9.84 Å². The number of carbonyl (C=O) groups is 1. The third kappa shape index (κ3) is 5.26. The van der Waals surface area contributed by atoms with Crippen molar-refractivity contribution in [2.45, 2.75) is 38.0 Å². The highest BCUT2D eigenvalue weighted by Crippen LogP contribution is 2.33. The molecule has 0 aliphatic rings. The molecule has 0 amide bonds. The van der Waals surface area contributed by atoms with E-state index in [0.717, 1.165) is 6.42 Å². The Morgan fingerprint density at radius 3 is 2.52 bits per heavy atom. The molecule has 0 unspecified atom stereocenters. The number of sulfone groups is 1. The Bertz CT molecular complexity index is 1140. The number of hydrogen-bond donors (Lipinski definition) is 2. The first-order valence-electron chi connectivity index (χ1n) is 9.89. The Balaban J connectivity index is 1.62. The molecule has 0 saturated heterocycles. The van der Waals surface area contributed by atoms with E-state index in [4.69, 9.17) is 4.74 Å². The lowest BCUT2D eigenvalue weighted by atomic mass is 10.0. The van der Waals surface area contributed by atoms with Crippen LogP contribution in [0.1, 0.15) is 42.6 Å². The van der Waals surface area contributed by atoms with Crippen LogP contribution in [0.5, 0.6) is 11.5 Å². The molecule has 10 heteroatoms. The number of Topliss-reactive ketones (excluding diaryl/α,β-unsaturated/α-hetero) is 1. The smallest absolute Gasteiger partial charge is 0.179 e. The maximum atomic E-state index is 12.6. The number of ketones is 1. The zero-order valence-corrected chi connectivity index (χ0v) is 18.1. The van der Waals surface area contributed by atoms with Gasteiger partial charge in [0.2, 0.25) is 0 Å². The molecule has 0 bridgehead atoms. The number of rotatable bonds is 10. The molecule has 164 valence electrons. The van der Waals surface area contributed by atoms with Crippen LogP contribution in [-0.4, -0.2) is 52.3 Å². The number of tetrazole rings is 1. The molecule has 0 spiro atoms. The van der Waals surface area contributed by atoms with Crippen LogP contribution < -0.4 is 4.74 Å². The summed E-state index contributed by atoms with van der Waals surface area (Å²) in [4.78, 5) is 11.9. The summed E-state index contributed by atoms with van der Waals surface area (Å²) in [7, 11) is -3.48. The van der Waals surface area contributed by atoms with E-state index in [-0.39, 0.29) is 40.8 Å². The molecule has 2 N–H and O–H groups in total. The molecule has 1 heterocycles. The predicted molar refractivity (Wildman–Crippen MR) is 114 cm³/mol. The topological polar surface area (TPSA) is 135 Å². The summed E-state index contributed by atoms with van der Waals surface area (Å²) in [6.07, 6.45) is 1.59. The molecule has 1 aromatic heterocycles. The van der Waals surface area contributed by atoms with Gasteiger partial charge in [0.15, 0.2) is 21.4 Å². The molecule has 0 saturated carbocycles. The summed E-state index contributed by atoms with van der Waals surface area (Å²) in [5, 5.41) is 23.8. The number of ether oxygens (including phenoxy) is 1. The summed E-state index contributed by atoms with van der Waals surface area (Å²) in [5.74, 6) is 0.544. The second-order valence-corrected chi connectivity index (χ2v) is 9.15. The van der Waals surface area contributed by atoms with E-state index in [9.17, 15) is 18.3 Å². The molecule has 3 rings (SSSR count). The van der Waals surface area contributed by atoms with Gasteiger partial charge in [0.05, 0.1) is 22.8 Å². The lowest BCUT2D eigenvalue weighted by molar-refractivity contribution is 0.101. The summed E-state index contributed by atoms with van der Waals surface area (Å²) in [6, 6.07) is 9.49. The van der Waals surface area contributed by atoms with Crippen molar-refractivity contribution in [3.63, 3.8) is 0 Å². The van der Waals surface area contributed by atoms with E-state index < -0.39 is 9.84 Å². The van der Waals surface area contributed by atoms with Crippen molar-refractivity contribution < 1.29 is 23.1 Å². The third-order valence-corrected chi connectivity index (χ3v) is 6.58. The van der Waals surface area contributed by atoms with E-state index >= 15 is 0 Å². The SMILES string of the molecule is CCCc1c(OCCCS(=O)(=O)c2ccc(-c3nnn[nH]3)cc2)ccc(C(C)=O)c1O. The van der Waals surface area contributed by atoms with Gasteiger partial charge in [-0.05, 0) is 66.6 Å². The maximum absolute atomic E-state index is 12.6. The predicted octanol–water partition coefficient (Wildman–Crippen LogP) is 2.97. The number of H-pyrrole nitrogens is 1. The second kappa shape index (κ2) is 9.69. The van der Waals surface area contributed by atoms with E-state index in [0.29, 0.717) is 29.1 Å². The average molecular weight is 445 g/mol. The molecule has 9 nitrogen and oxygen atoms in total. The molecule has 2 aromatic carbocycles. The normalized spacial score (nSPS) is 11.4. The number of nitrogens with one attached hydrogen (secondary N) is 1. The lowest BCUT2D eigenvalue weighted by Crippen LogP contribution is -2.11. The molecule has 0 aliphatic carbocycles. The largest absolute Gasteiger partial charge is 0.507 e. The lowest BCUT2D eigenvalue weighted by Gasteiger charge is -2.14. The first-order valence-corrected chi connectivity index (χ1v) is 11.5. The van der Waals surface area contributed by atoms with Crippen molar-refractivity contribution in [3.05, 3.63) is 47.5 Å². The minimum Gasteiger partial charge on any atom is -0.507 e. The minimum absolute atomic E-state index is 0.0680. The zero-order chi connectivity index (χ0) is 22.4. The second-order valence-electron chi connectivity index (χ2n) is 7.04. The van der Waals surface area contributed by atoms with Crippen LogP contribution >= 0.6 is 0 Å². The Hall–Kier alpha value is -3.27. The molecule has 0 radical (unpaired) electrons. The van der Waals surface area contributed by atoms with Crippen molar-refractivity contribution in [2.75, 3.05) is 12.4 Å². The van der Waals surface area contributed by atoms with Crippen LogP contribution in [0.15, 0.2) is 41.3 Å².